The van der Waals surface area contributed by atoms with E-state index in [1.807, 2.05) is 23.4 Å². The number of nitrogens with zero attached hydrogens (tertiary/aromatic N) is 1. The highest BCUT2D eigenvalue weighted by molar-refractivity contribution is 7.91. The molecule has 0 aromatic carbocycles. The Balaban J connectivity index is 2.03. The molecule has 1 unspecified atom stereocenters. The van der Waals surface area contributed by atoms with Gasteiger partial charge in [-0.3, -0.25) is 4.90 Å². The van der Waals surface area contributed by atoms with E-state index in [9.17, 15) is 13.2 Å². The lowest BCUT2D eigenvalue weighted by Crippen LogP contribution is -2.31. The second-order valence-electron chi connectivity index (χ2n) is 4.94. The Bertz CT molecular complexity index is 618. The first-order chi connectivity index (χ1) is 9.37. The SMILES string of the molecule is CN(Cc1sccc1C=CC(=O)O)C1CCS(=O)(=O)C1. The summed E-state index contributed by atoms with van der Waals surface area (Å²) in [6.07, 6.45) is 3.36. The Labute approximate surface area is 122 Å². The maximum absolute atomic E-state index is 11.5. The highest BCUT2D eigenvalue weighted by Gasteiger charge is 2.30. The van der Waals surface area contributed by atoms with Crippen molar-refractivity contribution >= 4 is 33.2 Å². The van der Waals surface area contributed by atoms with Gasteiger partial charge in [0, 0.05) is 23.5 Å². The molecule has 1 aliphatic rings. The van der Waals surface area contributed by atoms with Gasteiger partial charge in [-0.25, -0.2) is 13.2 Å². The Morgan fingerprint density at radius 3 is 2.95 bits per heavy atom. The number of hydrogen-bond donors (Lipinski definition) is 1. The first-order valence-corrected chi connectivity index (χ1v) is 8.95. The van der Waals surface area contributed by atoms with Crippen molar-refractivity contribution in [1.82, 2.24) is 4.90 Å². The van der Waals surface area contributed by atoms with Gasteiger partial charge in [0.15, 0.2) is 9.84 Å². The Kier molecular flexibility index (Phi) is 4.62. The minimum absolute atomic E-state index is 0.0541. The lowest BCUT2D eigenvalue weighted by molar-refractivity contribution is -0.131. The summed E-state index contributed by atoms with van der Waals surface area (Å²) >= 11 is 1.55. The second-order valence-corrected chi connectivity index (χ2v) is 8.17. The summed E-state index contributed by atoms with van der Waals surface area (Å²) < 4.78 is 23.0. The molecule has 1 atom stereocenters. The van der Waals surface area contributed by atoms with Crippen LogP contribution in [0.3, 0.4) is 0 Å². The average Bonchev–Trinajstić information content (AvgIpc) is 2.93. The number of carbonyl (C=O) groups is 1. The van der Waals surface area contributed by atoms with Crippen LogP contribution in [0.1, 0.15) is 16.9 Å². The summed E-state index contributed by atoms with van der Waals surface area (Å²) in [4.78, 5) is 13.6. The molecule has 0 saturated carbocycles. The number of hydrogen-bond acceptors (Lipinski definition) is 5. The van der Waals surface area contributed by atoms with Gasteiger partial charge in [-0.05, 0) is 36.6 Å². The van der Waals surface area contributed by atoms with Gasteiger partial charge >= 0.3 is 5.97 Å². The summed E-state index contributed by atoms with van der Waals surface area (Å²) in [5.74, 6) is -0.495. The van der Waals surface area contributed by atoms with Gasteiger partial charge in [0.05, 0.1) is 11.5 Å². The van der Waals surface area contributed by atoms with Crippen molar-refractivity contribution in [3.63, 3.8) is 0 Å². The van der Waals surface area contributed by atoms with E-state index in [4.69, 9.17) is 5.11 Å². The van der Waals surface area contributed by atoms with Crippen molar-refractivity contribution in [2.24, 2.45) is 0 Å². The van der Waals surface area contributed by atoms with Crippen molar-refractivity contribution in [2.75, 3.05) is 18.6 Å². The number of sulfone groups is 1. The highest BCUT2D eigenvalue weighted by atomic mass is 32.2. The zero-order chi connectivity index (χ0) is 14.8. The molecule has 0 aliphatic carbocycles. The van der Waals surface area contributed by atoms with Crippen LogP contribution >= 0.6 is 11.3 Å². The van der Waals surface area contributed by atoms with Crippen LogP contribution in [0.4, 0.5) is 0 Å². The standard InChI is InChI=1S/C13H17NO4S2/c1-14(11-5-7-20(17,18)9-11)8-12-10(4-6-19-12)2-3-13(15)16/h2-4,6,11H,5,7-9H2,1H3,(H,15,16). The molecule has 1 saturated heterocycles. The minimum Gasteiger partial charge on any atom is -0.478 e. The van der Waals surface area contributed by atoms with E-state index < -0.39 is 15.8 Å². The van der Waals surface area contributed by atoms with Crippen molar-refractivity contribution in [3.05, 3.63) is 28.0 Å². The van der Waals surface area contributed by atoms with E-state index in [-0.39, 0.29) is 17.5 Å². The fourth-order valence-corrected chi connectivity index (χ4v) is 5.00. The fourth-order valence-electron chi connectivity index (χ4n) is 2.27. The van der Waals surface area contributed by atoms with Crippen LogP contribution in [0.25, 0.3) is 6.08 Å². The van der Waals surface area contributed by atoms with Gasteiger partial charge in [0.1, 0.15) is 0 Å². The first kappa shape index (κ1) is 15.2. The molecule has 1 fully saturated rings. The molecule has 0 spiro atoms. The summed E-state index contributed by atoms with van der Waals surface area (Å²) in [7, 11) is -0.968. The normalized spacial score (nSPS) is 21.8. The fraction of sp³-hybridized carbons (Fsp3) is 0.462. The third kappa shape index (κ3) is 3.91. The van der Waals surface area contributed by atoms with Gasteiger partial charge in [-0.1, -0.05) is 0 Å². The summed E-state index contributed by atoms with van der Waals surface area (Å²) in [5, 5.41) is 10.6. The molecule has 1 aliphatic heterocycles. The van der Waals surface area contributed by atoms with Crippen LogP contribution in [0.15, 0.2) is 17.5 Å². The van der Waals surface area contributed by atoms with Gasteiger partial charge in [0.25, 0.3) is 0 Å². The van der Waals surface area contributed by atoms with Crippen LogP contribution in [-0.2, 0) is 21.2 Å². The van der Waals surface area contributed by atoms with Crippen LogP contribution in [0.2, 0.25) is 0 Å². The summed E-state index contributed by atoms with van der Waals surface area (Å²) in [6.45, 7) is 0.636. The van der Waals surface area contributed by atoms with Crippen molar-refractivity contribution in [1.29, 1.82) is 0 Å². The summed E-state index contributed by atoms with van der Waals surface area (Å²) in [5.41, 5.74) is 0.880. The molecular weight excluding hydrogens is 298 g/mol. The average molecular weight is 315 g/mol. The minimum atomic E-state index is -2.88. The topological polar surface area (TPSA) is 74.7 Å². The van der Waals surface area contributed by atoms with Crippen LogP contribution < -0.4 is 0 Å². The highest BCUT2D eigenvalue weighted by Crippen LogP contribution is 2.23. The second kappa shape index (κ2) is 6.07. The Morgan fingerprint density at radius 1 is 1.60 bits per heavy atom. The van der Waals surface area contributed by atoms with E-state index in [0.717, 1.165) is 16.5 Å². The number of carboxylic acids is 1. The van der Waals surface area contributed by atoms with E-state index >= 15 is 0 Å². The largest absolute Gasteiger partial charge is 0.478 e. The van der Waals surface area contributed by atoms with Crippen molar-refractivity contribution < 1.29 is 18.3 Å². The van der Waals surface area contributed by atoms with Gasteiger partial charge in [-0.2, -0.15) is 0 Å². The van der Waals surface area contributed by atoms with Crippen LogP contribution in [0, 0.1) is 0 Å². The molecule has 20 heavy (non-hydrogen) atoms. The van der Waals surface area contributed by atoms with Crippen molar-refractivity contribution in [2.45, 2.75) is 19.0 Å². The molecule has 0 amide bonds. The zero-order valence-electron chi connectivity index (χ0n) is 11.2. The molecule has 2 heterocycles. The molecule has 1 N–H and O–H groups in total. The maximum atomic E-state index is 11.5. The number of rotatable bonds is 5. The Hall–Kier alpha value is -1.18. The lowest BCUT2D eigenvalue weighted by atomic mass is 10.2. The predicted octanol–water partition coefficient (Wildman–Crippen LogP) is 1.46. The molecule has 0 radical (unpaired) electrons. The smallest absolute Gasteiger partial charge is 0.328 e. The molecule has 7 heteroatoms. The maximum Gasteiger partial charge on any atom is 0.328 e. The van der Waals surface area contributed by atoms with Gasteiger partial charge in [-0.15, -0.1) is 11.3 Å². The number of aliphatic carboxylic acids is 1. The van der Waals surface area contributed by atoms with Gasteiger partial charge in [0.2, 0.25) is 0 Å². The van der Waals surface area contributed by atoms with Gasteiger partial charge < -0.3 is 5.11 Å². The number of thiophene rings is 1. The van der Waals surface area contributed by atoms with E-state index in [1.54, 1.807) is 17.4 Å². The predicted molar refractivity (Wildman–Crippen MR) is 79.5 cm³/mol. The Morgan fingerprint density at radius 2 is 2.35 bits per heavy atom. The lowest BCUT2D eigenvalue weighted by Gasteiger charge is -2.22. The van der Waals surface area contributed by atoms with Crippen molar-refractivity contribution in [3.8, 4) is 0 Å². The molecule has 2 rings (SSSR count). The van der Waals surface area contributed by atoms with E-state index in [1.165, 1.54) is 0 Å². The number of carboxylic acid groups (broad SMARTS) is 1. The molecule has 1 aromatic heterocycles. The summed E-state index contributed by atoms with van der Waals surface area (Å²) in [6, 6.07) is 1.93. The van der Waals surface area contributed by atoms with Crippen LogP contribution in [0.5, 0.6) is 0 Å². The first-order valence-electron chi connectivity index (χ1n) is 6.25. The zero-order valence-corrected chi connectivity index (χ0v) is 12.8. The molecule has 110 valence electrons. The molecular formula is C13H17NO4S2. The third-order valence-corrected chi connectivity index (χ3v) is 6.08. The molecule has 0 bridgehead atoms. The van der Waals surface area contributed by atoms with Crippen LogP contribution in [-0.4, -0.2) is 49.0 Å². The quantitative estimate of drug-likeness (QED) is 0.833. The van der Waals surface area contributed by atoms with E-state index in [0.29, 0.717) is 13.0 Å². The molecule has 1 aromatic rings. The molecule has 5 nitrogen and oxygen atoms in total. The van der Waals surface area contributed by atoms with E-state index in [2.05, 4.69) is 0 Å². The monoisotopic (exact) mass is 315 g/mol. The third-order valence-electron chi connectivity index (χ3n) is 3.41.